The van der Waals surface area contributed by atoms with E-state index in [1.807, 2.05) is 36.1 Å². The molecule has 1 aromatic carbocycles. The summed E-state index contributed by atoms with van der Waals surface area (Å²) in [6, 6.07) is 7.91. The molecule has 3 rings (SSSR count). The highest BCUT2D eigenvalue weighted by atomic mass is 16.5. The first-order valence-corrected chi connectivity index (χ1v) is 7.18. The Labute approximate surface area is 118 Å². The van der Waals surface area contributed by atoms with Gasteiger partial charge in [0.25, 0.3) is 0 Å². The standard InChI is InChI=1S/C15H20N2O3/c1-2-20-14-7-3-11(4-8-14)16-15(18)17-12-5-6-13(17)10-19-9-12/h3-4,7-8,12-13H,2,5-6,9-10H2,1H3,(H,16,18). The number of nitrogens with zero attached hydrogens (tertiary/aromatic N) is 1. The van der Waals surface area contributed by atoms with Crippen LogP contribution in [0.3, 0.4) is 0 Å². The fourth-order valence-electron chi connectivity index (χ4n) is 2.95. The van der Waals surface area contributed by atoms with Gasteiger partial charge in [-0.1, -0.05) is 0 Å². The van der Waals surface area contributed by atoms with E-state index in [4.69, 9.17) is 9.47 Å². The Balaban J connectivity index is 1.64. The number of rotatable bonds is 3. The Hall–Kier alpha value is -1.75. The summed E-state index contributed by atoms with van der Waals surface area (Å²) in [5.41, 5.74) is 0.796. The van der Waals surface area contributed by atoms with Gasteiger partial charge in [0.2, 0.25) is 0 Å². The minimum absolute atomic E-state index is 0.0232. The fraction of sp³-hybridized carbons (Fsp3) is 0.533. The van der Waals surface area contributed by atoms with Gasteiger partial charge in [-0.05, 0) is 44.0 Å². The van der Waals surface area contributed by atoms with E-state index >= 15 is 0 Å². The molecule has 1 aromatic rings. The molecule has 0 radical (unpaired) electrons. The maximum atomic E-state index is 12.4. The van der Waals surface area contributed by atoms with Gasteiger partial charge in [-0.3, -0.25) is 0 Å². The van der Waals surface area contributed by atoms with Crippen molar-refractivity contribution in [1.82, 2.24) is 4.90 Å². The van der Waals surface area contributed by atoms with Crippen molar-refractivity contribution in [2.24, 2.45) is 0 Å². The van der Waals surface area contributed by atoms with Gasteiger partial charge >= 0.3 is 6.03 Å². The number of benzene rings is 1. The van der Waals surface area contributed by atoms with Crippen molar-refractivity contribution in [3.63, 3.8) is 0 Å². The van der Waals surface area contributed by atoms with E-state index in [0.717, 1.165) is 24.3 Å². The van der Waals surface area contributed by atoms with Crippen molar-refractivity contribution >= 4 is 11.7 Å². The summed E-state index contributed by atoms with van der Waals surface area (Å²) < 4.78 is 10.9. The van der Waals surface area contributed by atoms with Crippen LogP contribution in [0.1, 0.15) is 19.8 Å². The van der Waals surface area contributed by atoms with Gasteiger partial charge in [0, 0.05) is 5.69 Å². The number of urea groups is 1. The maximum Gasteiger partial charge on any atom is 0.322 e. The number of carbonyl (C=O) groups is 1. The molecule has 2 saturated heterocycles. The lowest BCUT2D eigenvalue weighted by Gasteiger charge is -2.34. The predicted molar refractivity (Wildman–Crippen MR) is 76.1 cm³/mol. The van der Waals surface area contributed by atoms with Crippen LogP contribution in [-0.2, 0) is 4.74 Å². The van der Waals surface area contributed by atoms with Crippen LogP contribution in [0, 0.1) is 0 Å². The molecular weight excluding hydrogens is 256 g/mol. The molecular formula is C15H20N2O3. The first-order valence-electron chi connectivity index (χ1n) is 7.18. The minimum Gasteiger partial charge on any atom is -0.494 e. The molecule has 2 heterocycles. The molecule has 2 aliphatic heterocycles. The van der Waals surface area contributed by atoms with Gasteiger partial charge in [-0.15, -0.1) is 0 Å². The molecule has 5 heteroatoms. The Morgan fingerprint density at radius 3 is 2.55 bits per heavy atom. The third kappa shape index (κ3) is 2.58. The highest BCUT2D eigenvalue weighted by molar-refractivity contribution is 5.90. The number of fused-ring (bicyclic) bond motifs is 2. The summed E-state index contributed by atoms with van der Waals surface area (Å²) in [5.74, 6) is 0.817. The number of amides is 2. The second-order valence-electron chi connectivity index (χ2n) is 5.22. The van der Waals surface area contributed by atoms with Crippen LogP contribution in [0.5, 0.6) is 5.75 Å². The highest BCUT2D eigenvalue weighted by Gasteiger charge is 2.40. The summed E-state index contributed by atoms with van der Waals surface area (Å²) in [7, 11) is 0. The van der Waals surface area contributed by atoms with E-state index in [-0.39, 0.29) is 18.1 Å². The predicted octanol–water partition coefficient (Wildman–Crippen LogP) is 2.48. The van der Waals surface area contributed by atoms with E-state index in [9.17, 15) is 4.79 Å². The van der Waals surface area contributed by atoms with Gasteiger partial charge < -0.3 is 19.7 Å². The average molecular weight is 276 g/mol. The molecule has 1 N–H and O–H groups in total. The van der Waals surface area contributed by atoms with Gasteiger partial charge in [-0.25, -0.2) is 4.79 Å². The SMILES string of the molecule is CCOc1ccc(NC(=O)N2C3CCC2COC3)cc1. The van der Waals surface area contributed by atoms with Crippen molar-refractivity contribution in [3.8, 4) is 5.75 Å². The van der Waals surface area contributed by atoms with Crippen molar-refractivity contribution < 1.29 is 14.3 Å². The van der Waals surface area contributed by atoms with Crippen LogP contribution in [0.4, 0.5) is 10.5 Å². The topological polar surface area (TPSA) is 50.8 Å². The second kappa shape index (κ2) is 5.71. The lowest BCUT2D eigenvalue weighted by atomic mass is 10.2. The largest absolute Gasteiger partial charge is 0.494 e. The number of ether oxygens (including phenoxy) is 2. The van der Waals surface area contributed by atoms with Gasteiger partial charge in [0.05, 0.1) is 31.9 Å². The van der Waals surface area contributed by atoms with Crippen LogP contribution in [-0.4, -0.2) is 42.8 Å². The zero-order valence-corrected chi connectivity index (χ0v) is 11.7. The van der Waals surface area contributed by atoms with Crippen molar-refractivity contribution in [1.29, 1.82) is 0 Å². The molecule has 2 fully saturated rings. The zero-order valence-electron chi connectivity index (χ0n) is 11.7. The zero-order chi connectivity index (χ0) is 13.9. The molecule has 0 aromatic heterocycles. The molecule has 2 unspecified atom stereocenters. The minimum atomic E-state index is -0.0232. The Morgan fingerprint density at radius 2 is 1.95 bits per heavy atom. The molecule has 2 atom stereocenters. The van der Waals surface area contributed by atoms with E-state index < -0.39 is 0 Å². The molecule has 20 heavy (non-hydrogen) atoms. The number of morpholine rings is 1. The third-order valence-corrected chi connectivity index (χ3v) is 3.89. The Kier molecular flexibility index (Phi) is 3.78. The summed E-state index contributed by atoms with van der Waals surface area (Å²) in [6.45, 7) is 3.91. The monoisotopic (exact) mass is 276 g/mol. The molecule has 0 spiro atoms. The van der Waals surface area contributed by atoms with Crippen molar-refractivity contribution in [2.45, 2.75) is 31.8 Å². The van der Waals surface area contributed by atoms with Crippen LogP contribution in [0.2, 0.25) is 0 Å². The Bertz CT molecular complexity index is 459. The number of hydrogen-bond acceptors (Lipinski definition) is 3. The van der Waals surface area contributed by atoms with Gasteiger partial charge in [0.15, 0.2) is 0 Å². The number of hydrogen-bond donors (Lipinski definition) is 1. The lowest BCUT2D eigenvalue weighted by Crippen LogP contribution is -2.50. The van der Waals surface area contributed by atoms with Crippen molar-refractivity contribution in [2.75, 3.05) is 25.1 Å². The molecule has 2 bridgehead atoms. The highest BCUT2D eigenvalue weighted by Crippen LogP contribution is 2.29. The first kappa shape index (κ1) is 13.2. The van der Waals surface area contributed by atoms with Gasteiger partial charge in [0.1, 0.15) is 5.75 Å². The molecule has 2 aliphatic rings. The summed E-state index contributed by atoms with van der Waals surface area (Å²) >= 11 is 0. The van der Waals surface area contributed by atoms with E-state index in [2.05, 4.69) is 5.32 Å². The average Bonchev–Trinajstić information content (AvgIpc) is 2.71. The van der Waals surface area contributed by atoms with Crippen LogP contribution < -0.4 is 10.1 Å². The number of carbonyl (C=O) groups excluding carboxylic acids is 1. The van der Waals surface area contributed by atoms with Crippen LogP contribution >= 0.6 is 0 Å². The van der Waals surface area contributed by atoms with E-state index in [0.29, 0.717) is 19.8 Å². The quantitative estimate of drug-likeness (QED) is 0.922. The van der Waals surface area contributed by atoms with E-state index in [1.165, 1.54) is 0 Å². The molecule has 0 saturated carbocycles. The smallest absolute Gasteiger partial charge is 0.322 e. The summed E-state index contributed by atoms with van der Waals surface area (Å²) in [6.07, 6.45) is 2.09. The number of nitrogens with one attached hydrogen (secondary N) is 1. The molecule has 0 aliphatic carbocycles. The van der Waals surface area contributed by atoms with Crippen LogP contribution in [0.25, 0.3) is 0 Å². The van der Waals surface area contributed by atoms with Crippen molar-refractivity contribution in [3.05, 3.63) is 24.3 Å². The fourth-order valence-corrected chi connectivity index (χ4v) is 2.95. The van der Waals surface area contributed by atoms with Gasteiger partial charge in [-0.2, -0.15) is 0 Å². The molecule has 5 nitrogen and oxygen atoms in total. The summed E-state index contributed by atoms with van der Waals surface area (Å²) in [5, 5.41) is 2.96. The molecule has 108 valence electrons. The van der Waals surface area contributed by atoms with Crippen LogP contribution in [0.15, 0.2) is 24.3 Å². The first-order chi connectivity index (χ1) is 9.78. The second-order valence-corrected chi connectivity index (χ2v) is 5.22. The maximum absolute atomic E-state index is 12.4. The molecule has 2 amide bonds. The van der Waals surface area contributed by atoms with E-state index in [1.54, 1.807) is 0 Å². The number of anilines is 1. The third-order valence-electron chi connectivity index (χ3n) is 3.89. The summed E-state index contributed by atoms with van der Waals surface area (Å²) in [4.78, 5) is 14.3. The normalized spacial score (nSPS) is 24.6. The Morgan fingerprint density at radius 1 is 1.30 bits per heavy atom. The lowest BCUT2D eigenvalue weighted by molar-refractivity contribution is 0.00949.